The fraction of sp³-hybridized carbons (Fsp3) is 0.941. The monoisotopic (exact) mass is 612 g/mol. The van der Waals surface area contributed by atoms with Crippen LogP contribution in [-0.2, 0) is 28.8 Å². The van der Waals surface area contributed by atoms with Crippen molar-refractivity contribution < 1.29 is 42.0 Å². The van der Waals surface area contributed by atoms with Gasteiger partial charge in [-0.2, -0.15) is 22.9 Å². The van der Waals surface area contributed by atoms with E-state index in [4.69, 9.17) is 19.2 Å². The zero-order valence-corrected chi connectivity index (χ0v) is 27.5. The third kappa shape index (κ3) is 4.08. The predicted molar refractivity (Wildman–Crippen MR) is 152 cm³/mol. The molecule has 43 heavy (non-hydrogen) atoms. The normalized spacial score (nSPS) is 52.0. The second-order valence-electron chi connectivity index (χ2n) is 17.7. The van der Waals surface area contributed by atoms with Crippen LogP contribution in [0.5, 0.6) is 0 Å². The smallest absolute Gasteiger partial charge is 0.446 e. The molecule has 9 heteroatoms. The Morgan fingerprint density at radius 1 is 0.860 bits per heavy atom. The standard InChI is InChI=1S/C34H51F3O6/c1-26(2)12-14-32(25(39)40-9)15-13-30(7)24(20(32)17-26)21(38)16-23-28(5)19-33(41-31(8,42-43-33)34(35,36)37)18-27(3,4)22(28)10-11-29(23,30)6/h20,22-24H,10-19H2,1-9H3/t20-,22-,23+,24-,28-,29+,30+,31-,32-,33+/m0/s1. The molecule has 0 aromatic rings. The van der Waals surface area contributed by atoms with Crippen LogP contribution in [0.15, 0.2) is 0 Å². The lowest BCUT2D eigenvalue weighted by Gasteiger charge is -2.73. The molecule has 1 saturated heterocycles. The van der Waals surface area contributed by atoms with Crippen LogP contribution in [-0.4, -0.2) is 36.6 Å². The van der Waals surface area contributed by atoms with E-state index >= 15 is 0 Å². The average Bonchev–Trinajstić information content (AvgIpc) is 3.19. The van der Waals surface area contributed by atoms with Gasteiger partial charge in [-0.15, -0.1) is 0 Å². The van der Waals surface area contributed by atoms with Gasteiger partial charge in [0.05, 0.1) is 12.5 Å². The Balaban J connectivity index is 1.42. The summed E-state index contributed by atoms with van der Waals surface area (Å²) in [6.07, 6.45) is 1.87. The van der Waals surface area contributed by atoms with Crippen molar-refractivity contribution in [3.8, 4) is 0 Å². The summed E-state index contributed by atoms with van der Waals surface area (Å²) in [6, 6.07) is 0. The molecular formula is C34H51F3O6. The van der Waals surface area contributed by atoms with Crippen LogP contribution in [0.3, 0.4) is 0 Å². The molecule has 0 radical (unpaired) electrons. The summed E-state index contributed by atoms with van der Waals surface area (Å²) in [5, 5.41) is 0. The number of methoxy groups -OCH3 is 1. The first-order valence-corrected chi connectivity index (χ1v) is 16.3. The SMILES string of the molecule is COC(=O)[C@]12CCC(C)(C)C[C@H]1[C@H]1C(=O)C[C@@H]3[C@@]4(C)C[C@@]5(CC(C)(C)[C@@H]4CC[C@@]3(C)[C@]1(C)CC2)OO[C@@](C)(C(F)(F)F)O5. The zero-order chi connectivity index (χ0) is 31.9. The van der Waals surface area contributed by atoms with E-state index in [-0.39, 0.29) is 64.5 Å². The number of hydrogen-bond donors (Lipinski definition) is 0. The lowest BCUT2D eigenvalue weighted by molar-refractivity contribution is -0.410. The Morgan fingerprint density at radius 2 is 1.51 bits per heavy atom. The first-order valence-electron chi connectivity index (χ1n) is 16.3. The minimum atomic E-state index is -4.76. The third-order valence-electron chi connectivity index (χ3n) is 14.4. The maximum atomic E-state index is 14.7. The highest BCUT2D eigenvalue weighted by molar-refractivity contribution is 5.86. The zero-order valence-electron chi connectivity index (χ0n) is 27.5. The molecule has 6 rings (SSSR count). The Labute approximate surface area is 254 Å². The number of esters is 1. The van der Waals surface area contributed by atoms with Crippen LogP contribution in [0.1, 0.15) is 120 Å². The summed E-state index contributed by atoms with van der Waals surface area (Å²) in [6.45, 7) is 16.3. The average molecular weight is 613 g/mol. The van der Waals surface area contributed by atoms with Crippen molar-refractivity contribution in [3.05, 3.63) is 0 Å². The van der Waals surface area contributed by atoms with Crippen LogP contribution in [0, 0.1) is 56.2 Å². The van der Waals surface area contributed by atoms with Crippen molar-refractivity contribution in [2.75, 3.05) is 7.11 Å². The largest absolute Gasteiger partial charge is 0.469 e. The number of hydrogen-bond acceptors (Lipinski definition) is 6. The van der Waals surface area contributed by atoms with Gasteiger partial charge in [-0.3, -0.25) is 9.59 Å². The molecule has 0 amide bonds. The van der Waals surface area contributed by atoms with Gasteiger partial charge in [-0.05, 0) is 89.8 Å². The molecule has 0 aromatic carbocycles. The number of carbonyl (C=O) groups is 2. The topological polar surface area (TPSA) is 71.1 Å². The number of ketones is 1. The van der Waals surface area contributed by atoms with Gasteiger partial charge in [0, 0.05) is 32.1 Å². The van der Waals surface area contributed by atoms with E-state index in [0.29, 0.717) is 12.8 Å². The number of carbonyl (C=O) groups excluding carboxylic acids is 2. The third-order valence-corrected chi connectivity index (χ3v) is 14.4. The second kappa shape index (κ2) is 8.99. The van der Waals surface area contributed by atoms with Gasteiger partial charge in [0.15, 0.2) is 0 Å². The van der Waals surface area contributed by atoms with E-state index < -0.39 is 34.0 Å². The van der Waals surface area contributed by atoms with Gasteiger partial charge >= 0.3 is 12.1 Å². The van der Waals surface area contributed by atoms with Crippen molar-refractivity contribution in [1.82, 2.24) is 0 Å². The van der Waals surface area contributed by atoms with Gasteiger partial charge in [-0.1, -0.05) is 48.5 Å². The lowest BCUT2D eigenvalue weighted by atomic mass is 9.31. The maximum absolute atomic E-state index is 14.7. The summed E-state index contributed by atoms with van der Waals surface area (Å²) in [4.78, 5) is 38.8. The van der Waals surface area contributed by atoms with Crippen molar-refractivity contribution in [2.45, 2.75) is 137 Å². The summed E-state index contributed by atoms with van der Waals surface area (Å²) >= 11 is 0. The van der Waals surface area contributed by atoms with Crippen LogP contribution in [0.25, 0.3) is 0 Å². The summed E-state index contributed by atoms with van der Waals surface area (Å²) in [5.74, 6) is -4.63. The summed E-state index contributed by atoms with van der Waals surface area (Å²) in [5.41, 5.74) is -2.18. The molecule has 6 aliphatic rings. The maximum Gasteiger partial charge on any atom is 0.446 e. The molecule has 1 aliphatic heterocycles. The molecule has 0 unspecified atom stereocenters. The molecular weight excluding hydrogens is 561 g/mol. The van der Waals surface area contributed by atoms with Gasteiger partial charge in [0.1, 0.15) is 5.78 Å². The lowest BCUT2D eigenvalue weighted by Crippen LogP contribution is -2.70. The van der Waals surface area contributed by atoms with E-state index in [1.165, 1.54) is 7.11 Å². The van der Waals surface area contributed by atoms with Gasteiger partial charge in [0.25, 0.3) is 5.79 Å². The van der Waals surface area contributed by atoms with Crippen LogP contribution in [0.4, 0.5) is 13.2 Å². The molecule has 1 heterocycles. The number of alkyl halides is 3. The first kappa shape index (κ1) is 31.8. The van der Waals surface area contributed by atoms with E-state index in [0.717, 1.165) is 45.4 Å². The van der Waals surface area contributed by atoms with E-state index in [9.17, 15) is 22.8 Å². The fourth-order valence-electron chi connectivity index (χ4n) is 12.4. The fourth-order valence-corrected chi connectivity index (χ4v) is 12.4. The molecule has 1 spiro atoms. The molecule has 10 atom stereocenters. The number of rotatable bonds is 1. The van der Waals surface area contributed by atoms with Crippen molar-refractivity contribution in [2.24, 2.45) is 56.2 Å². The minimum Gasteiger partial charge on any atom is -0.469 e. The Morgan fingerprint density at radius 3 is 2.12 bits per heavy atom. The van der Waals surface area contributed by atoms with E-state index in [2.05, 4.69) is 48.5 Å². The van der Waals surface area contributed by atoms with Crippen molar-refractivity contribution in [3.63, 3.8) is 0 Å². The van der Waals surface area contributed by atoms with Gasteiger partial charge < -0.3 is 9.47 Å². The van der Waals surface area contributed by atoms with Gasteiger partial charge in [0.2, 0.25) is 5.79 Å². The number of halogens is 3. The molecule has 5 saturated carbocycles. The Bertz CT molecular complexity index is 1210. The predicted octanol–water partition coefficient (Wildman–Crippen LogP) is 8.17. The number of ether oxygens (including phenoxy) is 2. The van der Waals surface area contributed by atoms with Crippen LogP contribution < -0.4 is 0 Å². The molecule has 244 valence electrons. The van der Waals surface area contributed by atoms with Crippen molar-refractivity contribution in [1.29, 1.82) is 0 Å². The molecule has 0 N–H and O–H groups in total. The van der Waals surface area contributed by atoms with E-state index in [1.54, 1.807) is 0 Å². The van der Waals surface area contributed by atoms with Crippen molar-refractivity contribution >= 4 is 11.8 Å². The second-order valence-corrected chi connectivity index (χ2v) is 17.7. The first-order chi connectivity index (χ1) is 19.5. The highest BCUT2D eigenvalue weighted by Gasteiger charge is 2.76. The number of Topliss-reactive ketones (excluding diaryl/α,β-unsaturated/α-hetero) is 1. The van der Waals surface area contributed by atoms with Crippen LogP contribution in [0.2, 0.25) is 0 Å². The van der Waals surface area contributed by atoms with Gasteiger partial charge in [-0.25, -0.2) is 0 Å². The molecule has 6 nitrogen and oxygen atoms in total. The van der Waals surface area contributed by atoms with E-state index in [1.807, 2.05) is 0 Å². The molecule has 5 aliphatic carbocycles. The Hall–Kier alpha value is -1.19. The minimum absolute atomic E-state index is 0.0180. The van der Waals surface area contributed by atoms with Crippen LogP contribution >= 0.6 is 0 Å². The summed E-state index contributed by atoms with van der Waals surface area (Å²) in [7, 11) is 1.46. The number of fused-ring (bicyclic) bond motifs is 7. The Kier molecular flexibility index (Phi) is 6.65. The molecule has 0 bridgehead atoms. The highest BCUT2D eigenvalue weighted by atomic mass is 19.4. The summed E-state index contributed by atoms with van der Waals surface area (Å²) < 4.78 is 53.3. The highest BCUT2D eigenvalue weighted by Crippen LogP contribution is 2.77. The quantitative estimate of drug-likeness (QED) is 0.220. The molecule has 0 aromatic heterocycles. The molecule has 6 fully saturated rings.